The summed E-state index contributed by atoms with van der Waals surface area (Å²) in [5.74, 6) is 0.405. The van der Waals surface area contributed by atoms with Gasteiger partial charge in [-0.15, -0.1) is 0 Å². The summed E-state index contributed by atoms with van der Waals surface area (Å²) in [6, 6.07) is 11.4. The lowest BCUT2D eigenvalue weighted by molar-refractivity contribution is -0.125. The molecule has 1 amide bonds. The van der Waals surface area contributed by atoms with Gasteiger partial charge >= 0.3 is 0 Å². The van der Waals surface area contributed by atoms with Crippen LogP contribution < -0.4 is 10.6 Å². The maximum absolute atomic E-state index is 12.2. The fraction of sp³-hybridized carbons (Fsp3) is 0.588. The van der Waals surface area contributed by atoms with E-state index in [0.717, 1.165) is 39.0 Å². The fourth-order valence-electron chi connectivity index (χ4n) is 3.44. The first-order valence-electron chi connectivity index (χ1n) is 8.01. The van der Waals surface area contributed by atoms with Gasteiger partial charge in [0.1, 0.15) is 0 Å². The topological polar surface area (TPSA) is 44.4 Å². The van der Waals surface area contributed by atoms with Crippen LogP contribution in [0, 0.1) is 5.92 Å². The molecule has 2 saturated heterocycles. The van der Waals surface area contributed by atoms with Gasteiger partial charge in [0, 0.05) is 31.7 Å². The van der Waals surface area contributed by atoms with Crippen LogP contribution in [0.2, 0.25) is 0 Å². The molecule has 2 N–H and O–H groups in total. The van der Waals surface area contributed by atoms with E-state index in [4.69, 9.17) is 0 Å². The third-order valence-electron chi connectivity index (χ3n) is 4.71. The van der Waals surface area contributed by atoms with Gasteiger partial charge in [-0.2, -0.15) is 0 Å². The Labute approximate surface area is 126 Å². The normalized spacial score (nSPS) is 29.7. The Balaban J connectivity index is 1.52. The van der Waals surface area contributed by atoms with Crippen LogP contribution in [0.25, 0.3) is 0 Å². The van der Waals surface area contributed by atoms with E-state index in [1.165, 1.54) is 5.56 Å². The monoisotopic (exact) mass is 287 g/mol. The molecule has 4 nitrogen and oxygen atoms in total. The minimum atomic E-state index is 0.170. The molecule has 0 aliphatic carbocycles. The van der Waals surface area contributed by atoms with Crippen molar-refractivity contribution in [2.45, 2.75) is 38.4 Å². The molecule has 3 unspecified atom stereocenters. The van der Waals surface area contributed by atoms with Crippen molar-refractivity contribution in [3.05, 3.63) is 35.9 Å². The number of benzene rings is 1. The predicted molar refractivity (Wildman–Crippen MR) is 83.8 cm³/mol. The second kappa shape index (κ2) is 6.58. The van der Waals surface area contributed by atoms with E-state index in [1.54, 1.807) is 0 Å². The van der Waals surface area contributed by atoms with Gasteiger partial charge in [-0.05, 0) is 31.9 Å². The Morgan fingerprint density at radius 2 is 2.19 bits per heavy atom. The number of amides is 1. The fourth-order valence-corrected chi connectivity index (χ4v) is 3.44. The highest BCUT2D eigenvalue weighted by Gasteiger charge is 2.32. The largest absolute Gasteiger partial charge is 0.352 e. The van der Waals surface area contributed by atoms with Crippen molar-refractivity contribution >= 4 is 5.91 Å². The molecule has 2 aliphatic rings. The van der Waals surface area contributed by atoms with Gasteiger partial charge < -0.3 is 10.6 Å². The minimum Gasteiger partial charge on any atom is -0.352 e. The molecule has 0 spiro atoms. The number of rotatable bonds is 4. The molecule has 2 heterocycles. The minimum absolute atomic E-state index is 0.170. The maximum atomic E-state index is 12.2. The number of hydrogen-bond acceptors (Lipinski definition) is 3. The molecule has 2 fully saturated rings. The van der Waals surface area contributed by atoms with Crippen LogP contribution in [-0.2, 0) is 11.3 Å². The SMILES string of the molecule is CC1CC(NC(=O)C2CCNC2)CN1Cc1ccccc1. The van der Waals surface area contributed by atoms with E-state index in [0.29, 0.717) is 12.1 Å². The smallest absolute Gasteiger partial charge is 0.224 e. The Hall–Kier alpha value is -1.39. The maximum Gasteiger partial charge on any atom is 0.224 e. The zero-order valence-corrected chi connectivity index (χ0v) is 12.7. The number of likely N-dealkylation sites (tertiary alicyclic amines) is 1. The second-order valence-electron chi connectivity index (χ2n) is 6.39. The molecule has 3 rings (SSSR count). The molecule has 3 atom stereocenters. The number of carbonyl (C=O) groups excluding carboxylic acids is 1. The van der Waals surface area contributed by atoms with Gasteiger partial charge in [0.05, 0.1) is 5.92 Å². The van der Waals surface area contributed by atoms with Crippen molar-refractivity contribution in [2.75, 3.05) is 19.6 Å². The summed E-state index contributed by atoms with van der Waals surface area (Å²) in [5.41, 5.74) is 1.34. The van der Waals surface area contributed by atoms with Crippen LogP contribution in [0.1, 0.15) is 25.3 Å². The molecule has 0 saturated carbocycles. The highest BCUT2D eigenvalue weighted by Crippen LogP contribution is 2.21. The first-order chi connectivity index (χ1) is 10.2. The summed E-state index contributed by atoms with van der Waals surface area (Å²) in [6.45, 7) is 5.99. The lowest BCUT2D eigenvalue weighted by Gasteiger charge is -2.21. The summed E-state index contributed by atoms with van der Waals surface area (Å²) in [6.07, 6.45) is 2.03. The van der Waals surface area contributed by atoms with Crippen LogP contribution in [0.4, 0.5) is 0 Å². The lowest BCUT2D eigenvalue weighted by Crippen LogP contribution is -2.41. The Bertz CT molecular complexity index is 470. The van der Waals surface area contributed by atoms with Crippen molar-refractivity contribution in [3.63, 3.8) is 0 Å². The summed E-state index contributed by atoms with van der Waals surface area (Å²) in [5, 5.41) is 6.50. The zero-order valence-electron chi connectivity index (χ0n) is 12.7. The van der Waals surface area contributed by atoms with Crippen LogP contribution in [0.15, 0.2) is 30.3 Å². The molecule has 0 bridgehead atoms. The number of carbonyl (C=O) groups is 1. The molecule has 0 radical (unpaired) electrons. The first kappa shape index (κ1) is 14.5. The summed E-state index contributed by atoms with van der Waals surface area (Å²) < 4.78 is 0. The molecular formula is C17H25N3O. The Morgan fingerprint density at radius 3 is 2.90 bits per heavy atom. The number of hydrogen-bond donors (Lipinski definition) is 2. The highest BCUT2D eigenvalue weighted by molar-refractivity contribution is 5.79. The molecule has 114 valence electrons. The van der Waals surface area contributed by atoms with Crippen molar-refractivity contribution in [1.29, 1.82) is 0 Å². The van der Waals surface area contributed by atoms with Crippen LogP contribution >= 0.6 is 0 Å². The van der Waals surface area contributed by atoms with Gasteiger partial charge in [0.25, 0.3) is 0 Å². The van der Waals surface area contributed by atoms with Gasteiger partial charge in [-0.25, -0.2) is 0 Å². The lowest BCUT2D eigenvalue weighted by atomic mass is 10.1. The number of nitrogens with zero attached hydrogens (tertiary/aromatic N) is 1. The van der Waals surface area contributed by atoms with E-state index in [2.05, 4.69) is 52.8 Å². The van der Waals surface area contributed by atoms with Crippen LogP contribution in [-0.4, -0.2) is 42.5 Å². The van der Waals surface area contributed by atoms with Gasteiger partial charge in [-0.3, -0.25) is 9.69 Å². The van der Waals surface area contributed by atoms with E-state index >= 15 is 0 Å². The molecular weight excluding hydrogens is 262 g/mol. The molecule has 21 heavy (non-hydrogen) atoms. The standard InChI is InChI=1S/C17H25N3O/c1-13-9-16(19-17(21)15-7-8-18-10-15)12-20(13)11-14-5-3-2-4-6-14/h2-6,13,15-16,18H,7-12H2,1H3,(H,19,21). The van der Waals surface area contributed by atoms with E-state index in [1.807, 2.05) is 0 Å². The molecule has 1 aromatic rings. The van der Waals surface area contributed by atoms with Crippen molar-refractivity contribution in [3.8, 4) is 0 Å². The summed E-state index contributed by atoms with van der Waals surface area (Å²) >= 11 is 0. The van der Waals surface area contributed by atoms with Crippen LogP contribution in [0.3, 0.4) is 0 Å². The highest BCUT2D eigenvalue weighted by atomic mass is 16.2. The van der Waals surface area contributed by atoms with Gasteiger partial charge in [0.2, 0.25) is 5.91 Å². The molecule has 1 aromatic carbocycles. The van der Waals surface area contributed by atoms with Crippen LogP contribution in [0.5, 0.6) is 0 Å². The summed E-state index contributed by atoms with van der Waals surface area (Å²) in [4.78, 5) is 14.7. The van der Waals surface area contributed by atoms with Crippen molar-refractivity contribution in [1.82, 2.24) is 15.5 Å². The molecule has 4 heteroatoms. The Kier molecular flexibility index (Phi) is 4.56. The van der Waals surface area contributed by atoms with Crippen molar-refractivity contribution < 1.29 is 4.79 Å². The zero-order chi connectivity index (χ0) is 14.7. The Morgan fingerprint density at radius 1 is 1.38 bits per heavy atom. The predicted octanol–water partition coefficient (Wildman–Crippen LogP) is 1.38. The van der Waals surface area contributed by atoms with Gasteiger partial charge in [-0.1, -0.05) is 30.3 Å². The third-order valence-corrected chi connectivity index (χ3v) is 4.71. The van der Waals surface area contributed by atoms with E-state index in [9.17, 15) is 4.79 Å². The quantitative estimate of drug-likeness (QED) is 0.879. The first-order valence-corrected chi connectivity index (χ1v) is 8.01. The van der Waals surface area contributed by atoms with E-state index in [-0.39, 0.29) is 11.8 Å². The molecule has 2 aliphatic heterocycles. The summed E-state index contributed by atoms with van der Waals surface area (Å²) in [7, 11) is 0. The average Bonchev–Trinajstić information content (AvgIpc) is 3.11. The third kappa shape index (κ3) is 3.63. The number of nitrogens with one attached hydrogen (secondary N) is 2. The molecule has 0 aromatic heterocycles. The van der Waals surface area contributed by atoms with Gasteiger partial charge in [0.15, 0.2) is 0 Å². The average molecular weight is 287 g/mol. The van der Waals surface area contributed by atoms with E-state index < -0.39 is 0 Å². The van der Waals surface area contributed by atoms with Crippen molar-refractivity contribution in [2.24, 2.45) is 5.92 Å². The second-order valence-corrected chi connectivity index (χ2v) is 6.39.